The third-order valence-corrected chi connectivity index (χ3v) is 5.57. The van der Waals surface area contributed by atoms with E-state index in [0.717, 1.165) is 5.39 Å². The van der Waals surface area contributed by atoms with Gasteiger partial charge in [0.1, 0.15) is 12.0 Å². The van der Waals surface area contributed by atoms with Crippen LogP contribution in [0.2, 0.25) is 0 Å². The number of benzene rings is 2. The zero-order valence-corrected chi connectivity index (χ0v) is 18.3. The van der Waals surface area contributed by atoms with Crippen LogP contribution < -0.4 is 16.2 Å². The molecule has 0 saturated heterocycles. The van der Waals surface area contributed by atoms with E-state index in [1.165, 1.54) is 17.8 Å². The Morgan fingerprint density at radius 3 is 2.61 bits per heavy atom. The molecule has 3 N–H and O–H groups in total. The number of aryl methyl sites for hydroxylation is 1. The molecule has 0 atom stereocenters. The summed E-state index contributed by atoms with van der Waals surface area (Å²) in [5, 5.41) is 11.9. The fourth-order valence-electron chi connectivity index (χ4n) is 2.91. The Kier molecular flexibility index (Phi) is 6.60. The largest absolute Gasteiger partial charge is 0.325 e. The van der Waals surface area contributed by atoms with Crippen molar-refractivity contribution in [2.75, 3.05) is 11.1 Å². The average Bonchev–Trinajstić information content (AvgIpc) is 3.25. The maximum absolute atomic E-state index is 12.5. The van der Waals surface area contributed by atoms with Gasteiger partial charge < -0.3 is 9.88 Å². The first-order chi connectivity index (χ1) is 16.0. The fraction of sp³-hybridized carbons (Fsp3) is 0.0909. The van der Waals surface area contributed by atoms with Crippen molar-refractivity contribution in [3.05, 3.63) is 78.2 Å². The van der Waals surface area contributed by atoms with Crippen LogP contribution in [0.25, 0.3) is 10.9 Å². The Bertz CT molecular complexity index is 1340. The zero-order chi connectivity index (χ0) is 23.2. The van der Waals surface area contributed by atoms with Crippen LogP contribution in [-0.2, 0) is 11.8 Å². The molecule has 4 rings (SSSR count). The minimum absolute atomic E-state index is 0.137. The number of pyridine rings is 1. The lowest BCUT2D eigenvalue weighted by Crippen LogP contribution is -2.42. The van der Waals surface area contributed by atoms with Gasteiger partial charge in [0.05, 0.1) is 11.3 Å². The van der Waals surface area contributed by atoms with E-state index in [0.29, 0.717) is 16.4 Å². The van der Waals surface area contributed by atoms with E-state index < -0.39 is 11.8 Å². The van der Waals surface area contributed by atoms with Gasteiger partial charge in [-0.3, -0.25) is 25.2 Å². The number of rotatable bonds is 6. The van der Waals surface area contributed by atoms with Crippen LogP contribution in [0.3, 0.4) is 0 Å². The first-order valence-corrected chi connectivity index (χ1v) is 10.8. The van der Waals surface area contributed by atoms with Crippen molar-refractivity contribution in [2.45, 2.75) is 5.16 Å². The van der Waals surface area contributed by atoms with Gasteiger partial charge in [-0.15, -0.1) is 10.2 Å². The molecule has 0 bridgehead atoms. The van der Waals surface area contributed by atoms with Crippen molar-refractivity contribution in [2.24, 2.45) is 7.05 Å². The molecule has 0 saturated carbocycles. The normalized spacial score (nSPS) is 10.6. The second-order valence-corrected chi connectivity index (χ2v) is 7.88. The van der Waals surface area contributed by atoms with Crippen molar-refractivity contribution in [3.8, 4) is 0 Å². The number of nitrogens with one attached hydrogen (secondary N) is 3. The summed E-state index contributed by atoms with van der Waals surface area (Å²) in [5.41, 5.74) is 6.29. The molecule has 2 heterocycles. The van der Waals surface area contributed by atoms with E-state index in [1.54, 1.807) is 54.3 Å². The van der Waals surface area contributed by atoms with Gasteiger partial charge >= 0.3 is 0 Å². The summed E-state index contributed by atoms with van der Waals surface area (Å²) < 4.78 is 1.71. The van der Waals surface area contributed by atoms with E-state index in [1.807, 2.05) is 18.2 Å². The highest BCUT2D eigenvalue weighted by molar-refractivity contribution is 7.99. The number of fused-ring (bicyclic) bond motifs is 1. The minimum Gasteiger partial charge on any atom is -0.325 e. The highest BCUT2D eigenvalue weighted by atomic mass is 32.2. The van der Waals surface area contributed by atoms with Crippen LogP contribution in [0.1, 0.15) is 20.8 Å². The Balaban J connectivity index is 1.32. The summed E-state index contributed by atoms with van der Waals surface area (Å²) in [5.74, 6) is -1.19. The van der Waals surface area contributed by atoms with Gasteiger partial charge in [-0.1, -0.05) is 42.1 Å². The SMILES string of the molecule is Cn1cnnc1SCC(=O)Nc1cccc(C(=O)NNC(=O)c2ccc3ccccc3n2)c1. The number of nitrogens with zero attached hydrogens (tertiary/aromatic N) is 4. The molecule has 2 aromatic carbocycles. The number of para-hydroxylation sites is 1. The molecule has 0 spiro atoms. The number of thioether (sulfide) groups is 1. The first kappa shape index (κ1) is 22.0. The van der Waals surface area contributed by atoms with Crippen LogP contribution in [-0.4, -0.2) is 43.2 Å². The number of hydrogen-bond donors (Lipinski definition) is 3. The molecule has 0 radical (unpaired) electrons. The molecule has 0 unspecified atom stereocenters. The van der Waals surface area contributed by atoms with E-state index in [9.17, 15) is 14.4 Å². The predicted octanol–water partition coefficient (Wildman–Crippen LogP) is 2.17. The topological polar surface area (TPSA) is 131 Å². The van der Waals surface area contributed by atoms with E-state index in [-0.39, 0.29) is 22.9 Å². The summed E-state index contributed by atoms with van der Waals surface area (Å²) in [6, 6.07) is 17.2. The zero-order valence-electron chi connectivity index (χ0n) is 17.5. The van der Waals surface area contributed by atoms with Gasteiger partial charge in [0.2, 0.25) is 5.91 Å². The molecule has 11 heteroatoms. The van der Waals surface area contributed by atoms with Gasteiger partial charge in [0, 0.05) is 23.7 Å². The molecule has 3 amide bonds. The summed E-state index contributed by atoms with van der Waals surface area (Å²) in [6.45, 7) is 0. The maximum Gasteiger partial charge on any atom is 0.288 e. The van der Waals surface area contributed by atoms with Gasteiger partial charge in [-0.25, -0.2) is 4.98 Å². The Morgan fingerprint density at radius 2 is 1.79 bits per heavy atom. The van der Waals surface area contributed by atoms with Gasteiger partial charge in [0.25, 0.3) is 11.8 Å². The quantitative estimate of drug-likeness (QED) is 0.296. The second kappa shape index (κ2) is 9.92. The molecule has 0 fully saturated rings. The number of anilines is 1. The predicted molar refractivity (Wildman–Crippen MR) is 123 cm³/mol. The molecule has 33 heavy (non-hydrogen) atoms. The Hall–Kier alpha value is -4.25. The molecule has 0 aliphatic heterocycles. The molecule has 4 aromatic rings. The lowest BCUT2D eigenvalue weighted by Gasteiger charge is -2.09. The van der Waals surface area contributed by atoms with Crippen molar-refractivity contribution in [1.82, 2.24) is 30.6 Å². The number of carbonyl (C=O) groups excluding carboxylic acids is 3. The Morgan fingerprint density at radius 1 is 0.970 bits per heavy atom. The molecular formula is C22H19N7O3S. The number of carbonyl (C=O) groups is 3. The van der Waals surface area contributed by atoms with Crippen LogP contribution >= 0.6 is 11.8 Å². The molecule has 10 nitrogen and oxygen atoms in total. The number of amides is 3. The average molecular weight is 462 g/mol. The molecule has 166 valence electrons. The fourth-order valence-corrected chi connectivity index (χ4v) is 3.60. The van der Waals surface area contributed by atoms with Crippen molar-refractivity contribution >= 4 is 46.1 Å². The smallest absolute Gasteiger partial charge is 0.288 e. The second-order valence-electron chi connectivity index (χ2n) is 6.94. The third kappa shape index (κ3) is 5.52. The van der Waals surface area contributed by atoms with E-state index in [2.05, 4.69) is 31.3 Å². The summed E-state index contributed by atoms with van der Waals surface area (Å²) >= 11 is 1.25. The van der Waals surface area contributed by atoms with E-state index in [4.69, 9.17) is 0 Å². The number of aromatic nitrogens is 4. The first-order valence-electron chi connectivity index (χ1n) is 9.83. The van der Waals surface area contributed by atoms with Crippen LogP contribution in [0.5, 0.6) is 0 Å². The number of hydrazine groups is 1. The standard InChI is InChI=1S/C22H19N7O3S/c1-29-13-23-28-22(29)33-12-19(30)24-16-7-4-6-15(11-16)20(31)26-27-21(32)18-10-9-14-5-2-3-8-17(14)25-18/h2-11,13H,12H2,1H3,(H,24,30)(H,26,31)(H,27,32). The van der Waals surface area contributed by atoms with E-state index >= 15 is 0 Å². The molecule has 0 aliphatic rings. The highest BCUT2D eigenvalue weighted by Crippen LogP contribution is 2.15. The number of hydrogen-bond acceptors (Lipinski definition) is 7. The molecular weight excluding hydrogens is 442 g/mol. The highest BCUT2D eigenvalue weighted by Gasteiger charge is 2.12. The van der Waals surface area contributed by atoms with Gasteiger partial charge in [0.15, 0.2) is 5.16 Å². The Labute approximate surface area is 192 Å². The van der Waals surface area contributed by atoms with Crippen LogP contribution in [0.15, 0.2) is 72.1 Å². The van der Waals surface area contributed by atoms with Gasteiger partial charge in [-0.2, -0.15) is 0 Å². The van der Waals surface area contributed by atoms with Crippen LogP contribution in [0.4, 0.5) is 5.69 Å². The third-order valence-electron chi connectivity index (χ3n) is 4.53. The molecule has 2 aromatic heterocycles. The minimum atomic E-state index is -0.542. The lowest BCUT2D eigenvalue weighted by atomic mass is 10.2. The lowest BCUT2D eigenvalue weighted by molar-refractivity contribution is -0.113. The monoisotopic (exact) mass is 461 g/mol. The van der Waals surface area contributed by atoms with Crippen LogP contribution in [0, 0.1) is 0 Å². The van der Waals surface area contributed by atoms with Crippen molar-refractivity contribution in [1.29, 1.82) is 0 Å². The maximum atomic E-state index is 12.5. The summed E-state index contributed by atoms with van der Waals surface area (Å²) in [7, 11) is 1.79. The molecule has 0 aliphatic carbocycles. The summed E-state index contributed by atoms with van der Waals surface area (Å²) in [4.78, 5) is 41.3. The summed E-state index contributed by atoms with van der Waals surface area (Å²) in [6.07, 6.45) is 1.55. The van der Waals surface area contributed by atoms with Crippen molar-refractivity contribution in [3.63, 3.8) is 0 Å². The van der Waals surface area contributed by atoms with Gasteiger partial charge in [-0.05, 0) is 30.3 Å². The van der Waals surface area contributed by atoms with Crippen molar-refractivity contribution < 1.29 is 14.4 Å².